The van der Waals surface area contributed by atoms with Gasteiger partial charge in [0.15, 0.2) is 6.10 Å². The second-order valence-corrected chi connectivity index (χ2v) is 7.69. The third-order valence-electron chi connectivity index (χ3n) is 3.81. The summed E-state index contributed by atoms with van der Waals surface area (Å²) in [6.07, 6.45) is -1.02. The van der Waals surface area contributed by atoms with Gasteiger partial charge in [0, 0.05) is 12.2 Å². The van der Waals surface area contributed by atoms with Gasteiger partial charge in [-0.3, -0.25) is 9.52 Å². The molecule has 9 heteroatoms. The molecular formula is C19H21FN2O5S. The number of likely N-dealkylation sites (N-methyl/N-ethyl adjacent to an activating group) is 1. The molecule has 0 bridgehead atoms. The summed E-state index contributed by atoms with van der Waals surface area (Å²) in [7, 11) is -4.03. The lowest BCUT2D eigenvalue weighted by Gasteiger charge is -2.14. The van der Waals surface area contributed by atoms with Crippen molar-refractivity contribution in [1.29, 1.82) is 0 Å². The van der Waals surface area contributed by atoms with E-state index in [1.165, 1.54) is 37.3 Å². The fraction of sp³-hybridized carbons (Fsp3) is 0.263. The number of sulfonamides is 1. The number of carbonyl (C=O) groups excluding carboxylic acids is 2. The van der Waals surface area contributed by atoms with Gasteiger partial charge in [0.05, 0.1) is 10.5 Å². The smallest absolute Gasteiger partial charge is 0.338 e. The van der Waals surface area contributed by atoms with Gasteiger partial charge < -0.3 is 10.1 Å². The van der Waals surface area contributed by atoms with Crippen LogP contribution in [0.3, 0.4) is 0 Å². The molecule has 0 aliphatic carbocycles. The van der Waals surface area contributed by atoms with Crippen molar-refractivity contribution in [2.24, 2.45) is 0 Å². The lowest BCUT2D eigenvalue weighted by molar-refractivity contribution is -0.128. The van der Waals surface area contributed by atoms with Gasteiger partial charge in [0.25, 0.3) is 15.9 Å². The largest absolute Gasteiger partial charge is 0.449 e. The van der Waals surface area contributed by atoms with Crippen LogP contribution in [0.1, 0.15) is 29.8 Å². The highest BCUT2D eigenvalue weighted by molar-refractivity contribution is 7.92. The molecule has 2 rings (SSSR count). The molecule has 28 heavy (non-hydrogen) atoms. The van der Waals surface area contributed by atoms with Gasteiger partial charge in [0.2, 0.25) is 0 Å². The van der Waals surface area contributed by atoms with Crippen molar-refractivity contribution in [3.63, 3.8) is 0 Å². The highest BCUT2D eigenvalue weighted by Gasteiger charge is 2.22. The summed E-state index contributed by atoms with van der Waals surface area (Å²) in [5, 5.41) is 2.53. The van der Waals surface area contributed by atoms with E-state index in [0.29, 0.717) is 12.1 Å². The molecule has 0 radical (unpaired) electrons. The lowest BCUT2D eigenvalue weighted by atomic mass is 10.1. The second-order valence-electron chi connectivity index (χ2n) is 6.03. The van der Waals surface area contributed by atoms with E-state index < -0.39 is 33.8 Å². The Balaban J connectivity index is 2.25. The lowest BCUT2D eigenvalue weighted by Crippen LogP contribution is -2.35. The van der Waals surface area contributed by atoms with Crippen LogP contribution in [-0.2, 0) is 19.6 Å². The number of benzene rings is 2. The van der Waals surface area contributed by atoms with Crippen LogP contribution >= 0.6 is 0 Å². The Morgan fingerprint density at radius 2 is 1.79 bits per heavy atom. The summed E-state index contributed by atoms with van der Waals surface area (Å²) in [4.78, 5) is 23.9. The van der Waals surface area contributed by atoms with Gasteiger partial charge >= 0.3 is 5.97 Å². The number of carbonyl (C=O) groups is 2. The summed E-state index contributed by atoms with van der Waals surface area (Å²) in [5.41, 5.74) is 0.572. The first kappa shape index (κ1) is 21.4. The van der Waals surface area contributed by atoms with E-state index in [2.05, 4.69) is 10.0 Å². The first-order valence-corrected chi connectivity index (χ1v) is 10.00. The fourth-order valence-electron chi connectivity index (χ4n) is 2.34. The third kappa shape index (κ3) is 5.29. The molecule has 0 aliphatic heterocycles. The zero-order valence-corrected chi connectivity index (χ0v) is 16.5. The van der Waals surface area contributed by atoms with Crippen molar-refractivity contribution in [2.45, 2.75) is 31.8 Å². The van der Waals surface area contributed by atoms with Crippen molar-refractivity contribution < 1.29 is 27.1 Å². The Morgan fingerprint density at radius 3 is 2.39 bits per heavy atom. The number of aryl methyl sites for hydroxylation is 1. The van der Waals surface area contributed by atoms with Crippen molar-refractivity contribution in [3.05, 3.63) is 59.4 Å². The van der Waals surface area contributed by atoms with E-state index in [0.717, 1.165) is 12.1 Å². The second kappa shape index (κ2) is 8.83. The molecule has 0 saturated heterocycles. The van der Waals surface area contributed by atoms with E-state index >= 15 is 0 Å². The molecule has 1 atom stereocenters. The third-order valence-corrected chi connectivity index (χ3v) is 5.34. The van der Waals surface area contributed by atoms with Gasteiger partial charge in [-0.2, -0.15) is 0 Å². The van der Waals surface area contributed by atoms with Crippen LogP contribution in [0.25, 0.3) is 0 Å². The zero-order chi connectivity index (χ0) is 20.9. The summed E-state index contributed by atoms with van der Waals surface area (Å²) in [6, 6.07) is 8.88. The molecule has 2 aromatic rings. The van der Waals surface area contributed by atoms with Gasteiger partial charge in [-0.05, 0) is 62.7 Å². The number of hydrogen-bond donors (Lipinski definition) is 2. The number of halogens is 1. The van der Waals surface area contributed by atoms with E-state index in [1.54, 1.807) is 13.8 Å². The number of esters is 1. The molecule has 0 spiro atoms. The molecule has 2 aromatic carbocycles. The molecule has 0 saturated carbocycles. The summed E-state index contributed by atoms with van der Waals surface area (Å²) in [6.45, 7) is 5.12. The predicted octanol–water partition coefficient (Wildman–Crippen LogP) is 2.62. The van der Waals surface area contributed by atoms with Gasteiger partial charge in [-0.1, -0.05) is 6.07 Å². The van der Waals surface area contributed by atoms with E-state index in [1.807, 2.05) is 0 Å². The molecule has 0 fully saturated rings. The van der Waals surface area contributed by atoms with Gasteiger partial charge in [0.1, 0.15) is 5.82 Å². The van der Waals surface area contributed by atoms with E-state index in [9.17, 15) is 22.4 Å². The molecule has 0 aromatic heterocycles. The van der Waals surface area contributed by atoms with E-state index in [-0.39, 0.29) is 16.1 Å². The quantitative estimate of drug-likeness (QED) is 0.686. The zero-order valence-electron chi connectivity index (χ0n) is 15.7. The number of ether oxygens (including phenoxy) is 1. The predicted molar refractivity (Wildman–Crippen MR) is 102 cm³/mol. The summed E-state index contributed by atoms with van der Waals surface area (Å²) < 4.78 is 45.8. The number of anilines is 1. The minimum Gasteiger partial charge on any atom is -0.449 e. The van der Waals surface area contributed by atoms with Crippen molar-refractivity contribution in [1.82, 2.24) is 5.32 Å². The van der Waals surface area contributed by atoms with Crippen LogP contribution in [-0.4, -0.2) is 32.9 Å². The average molecular weight is 408 g/mol. The maximum absolute atomic E-state index is 13.0. The van der Waals surface area contributed by atoms with Crippen LogP contribution in [0.4, 0.5) is 10.1 Å². The highest BCUT2D eigenvalue weighted by atomic mass is 32.2. The molecule has 0 heterocycles. The van der Waals surface area contributed by atoms with E-state index in [4.69, 9.17) is 4.74 Å². The number of rotatable bonds is 7. The Morgan fingerprint density at radius 1 is 1.14 bits per heavy atom. The highest BCUT2D eigenvalue weighted by Crippen LogP contribution is 2.21. The number of nitrogens with one attached hydrogen (secondary N) is 2. The molecular weight excluding hydrogens is 387 g/mol. The number of amides is 1. The Bertz CT molecular complexity index is 974. The van der Waals surface area contributed by atoms with Crippen molar-refractivity contribution in [3.8, 4) is 0 Å². The normalized spacial score (nSPS) is 12.1. The molecule has 7 nitrogen and oxygen atoms in total. The minimum absolute atomic E-state index is 0.0128. The number of hydrogen-bond acceptors (Lipinski definition) is 5. The average Bonchev–Trinajstić information content (AvgIpc) is 2.63. The summed E-state index contributed by atoms with van der Waals surface area (Å²) >= 11 is 0. The standard InChI is InChI=1S/C19H21FN2O5S/c1-4-21-18(23)13(3)27-19(24)14-6-5-12(2)17(11-14)28(25,26)22-16-9-7-15(20)8-10-16/h5-11,13,22H,4H2,1-3H3,(H,21,23)/t13-/m1/s1. The maximum Gasteiger partial charge on any atom is 0.338 e. The Kier molecular flexibility index (Phi) is 6.74. The Hall–Kier alpha value is -2.94. The first-order valence-electron chi connectivity index (χ1n) is 8.51. The SMILES string of the molecule is CCNC(=O)[C@@H](C)OC(=O)c1ccc(C)c(S(=O)(=O)Nc2ccc(F)cc2)c1. The first-order chi connectivity index (χ1) is 13.1. The van der Waals surface area contributed by atoms with Crippen molar-refractivity contribution in [2.75, 3.05) is 11.3 Å². The van der Waals surface area contributed by atoms with Gasteiger partial charge in [-0.25, -0.2) is 17.6 Å². The molecule has 0 aliphatic rings. The molecule has 150 valence electrons. The van der Waals surface area contributed by atoms with Crippen LogP contribution in [0.2, 0.25) is 0 Å². The molecule has 0 unspecified atom stereocenters. The Labute approximate surface area is 163 Å². The van der Waals surface area contributed by atoms with Crippen LogP contribution in [0, 0.1) is 12.7 Å². The van der Waals surface area contributed by atoms with Crippen molar-refractivity contribution >= 4 is 27.6 Å². The maximum atomic E-state index is 13.0. The van der Waals surface area contributed by atoms with Crippen LogP contribution in [0.5, 0.6) is 0 Å². The van der Waals surface area contributed by atoms with Crippen LogP contribution in [0.15, 0.2) is 47.4 Å². The molecule has 2 N–H and O–H groups in total. The monoisotopic (exact) mass is 408 g/mol. The topological polar surface area (TPSA) is 102 Å². The fourth-order valence-corrected chi connectivity index (χ4v) is 3.68. The summed E-state index contributed by atoms with van der Waals surface area (Å²) in [5.74, 6) is -1.77. The van der Waals surface area contributed by atoms with Gasteiger partial charge in [-0.15, -0.1) is 0 Å². The molecule has 1 amide bonds. The van der Waals surface area contributed by atoms with Crippen LogP contribution < -0.4 is 10.0 Å². The minimum atomic E-state index is -4.03.